The molecule has 0 saturated heterocycles. The van der Waals surface area contributed by atoms with E-state index in [9.17, 15) is 4.79 Å². The van der Waals surface area contributed by atoms with Crippen LogP contribution >= 0.6 is 0 Å². The third-order valence-electron chi connectivity index (χ3n) is 2.21. The van der Waals surface area contributed by atoms with Crippen molar-refractivity contribution in [3.05, 3.63) is 71.3 Å². The molecule has 2 aromatic rings. The van der Waals surface area contributed by atoms with E-state index in [0.717, 1.165) is 5.56 Å². The van der Waals surface area contributed by atoms with Gasteiger partial charge in [0.15, 0.2) is 0 Å². The summed E-state index contributed by atoms with van der Waals surface area (Å²) in [5, 5.41) is 8.51. The monoisotopic (exact) mass is 228 g/mol. The van der Waals surface area contributed by atoms with Crippen molar-refractivity contribution in [3.63, 3.8) is 0 Å². The van der Waals surface area contributed by atoms with Crippen LogP contribution in [-0.4, -0.2) is 11.1 Å². The smallest absolute Gasteiger partial charge is 0.335 e. The van der Waals surface area contributed by atoms with Crippen molar-refractivity contribution in [2.75, 3.05) is 0 Å². The van der Waals surface area contributed by atoms with Crippen molar-refractivity contribution in [3.8, 4) is 0 Å². The molecule has 2 nitrogen and oxygen atoms in total. The Morgan fingerprint density at radius 1 is 0.882 bits per heavy atom. The average molecular weight is 228 g/mol. The number of carboxylic acid groups (broad SMARTS) is 1. The fourth-order valence-electron chi connectivity index (χ4n) is 1.31. The molecule has 0 radical (unpaired) electrons. The van der Waals surface area contributed by atoms with E-state index in [1.807, 2.05) is 31.2 Å². The Labute approximate surface area is 102 Å². The van der Waals surface area contributed by atoms with Crippen LogP contribution in [0.1, 0.15) is 21.5 Å². The standard InChI is InChI=1S/C8H8O2.C7H8/c1-6-3-2-4-7(5-6)8(9)10;1-7-5-3-2-4-6-7/h2-5H,1H3,(H,9,10);2-6H,1H3. The van der Waals surface area contributed by atoms with Gasteiger partial charge in [-0.1, -0.05) is 53.6 Å². The topological polar surface area (TPSA) is 37.3 Å². The molecule has 0 amide bonds. The predicted octanol–water partition coefficient (Wildman–Crippen LogP) is 3.69. The summed E-state index contributed by atoms with van der Waals surface area (Å²) >= 11 is 0. The maximum Gasteiger partial charge on any atom is 0.335 e. The van der Waals surface area contributed by atoms with E-state index in [2.05, 4.69) is 19.1 Å². The molecule has 2 rings (SSSR count). The van der Waals surface area contributed by atoms with E-state index in [0.29, 0.717) is 5.56 Å². The van der Waals surface area contributed by atoms with Crippen molar-refractivity contribution in [1.29, 1.82) is 0 Å². The minimum absolute atomic E-state index is 0.347. The lowest BCUT2D eigenvalue weighted by atomic mass is 10.1. The first-order valence-electron chi connectivity index (χ1n) is 5.41. The van der Waals surface area contributed by atoms with E-state index >= 15 is 0 Å². The largest absolute Gasteiger partial charge is 0.478 e. The van der Waals surface area contributed by atoms with Gasteiger partial charge >= 0.3 is 5.97 Å². The van der Waals surface area contributed by atoms with E-state index < -0.39 is 5.97 Å². The van der Waals surface area contributed by atoms with Crippen LogP contribution in [0.3, 0.4) is 0 Å². The zero-order valence-electron chi connectivity index (χ0n) is 10.1. The van der Waals surface area contributed by atoms with Gasteiger partial charge in [0.2, 0.25) is 0 Å². The summed E-state index contributed by atoms with van der Waals surface area (Å²) in [7, 11) is 0. The lowest BCUT2D eigenvalue weighted by molar-refractivity contribution is 0.0697. The van der Waals surface area contributed by atoms with Crippen molar-refractivity contribution in [2.45, 2.75) is 13.8 Å². The molecule has 2 heteroatoms. The number of aromatic carboxylic acids is 1. The highest BCUT2D eigenvalue weighted by Crippen LogP contribution is 2.02. The predicted molar refractivity (Wildman–Crippen MR) is 69.3 cm³/mol. The highest BCUT2D eigenvalue weighted by molar-refractivity contribution is 5.87. The number of hydrogen-bond acceptors (Lipinski definition) is 1. The summed E-state index contributed by atoms with van der Waals surface area (Å²) in [4.78, 5) is 10.4. The van der Waals surface area contributed by atoms with E-state index in [4.69, 9.17) is 5.11 Å². The SMILES string of the molecule is Cc1cccc(C(=O)O)c1.Cc1ccccc1. The third-order valence-corrected chi connectivity index (χ3v) is 2.21. The first-order valence-corrected chi connectivity index (χ1v) is 5.41. The molecule has 0 fully saturated rings. The summed E-state index contributed by atoms with van der Waals surface area (Å²) in [6.45, 7) is 3.95. The molecule has 2 aromatic carbocycles. The second-order valence-corrected chi connectivity index (χ2v) is 3.83. The Bertz CT molecular complexity index is 475. The Hall–Kier alpha value is -2.09. The Kier molecular flexibility index (Phi) is 4.95. The summed E-state index contributed by atoms with van der Waals surface area (Å²) in [5.41, 5.74) is 2.64. The number of carboxylic acids is 1. The quantitative estimate of drug-likeness (QED) is 0.808. The first kappa shape index (κ1) is 13.0. The maximum atomic E-state index is 10.4. The molecule has 0 aromatic heterocycles. The molecule has 0 spiro atoms. The molecule has 0 heterocycles. The second-order valence-electron chi connectivity index (χ2n) is 3.83. The lowest BCUT2D eigenvalue weighted by Gasteiger charge is -1.93. The van der Waals surface area contributed by atoms with Crippen LogP contribution in [0, 0.1) is 13.8 Å². The molecule has 17 heavy (non-hydrogen) atoms. The summed E-state index contributed by atoms with van der Waals surface area (Å²) in [6, 6.07) is 17.1. The fourth-order valence-corrected chi connectivity index (χ4v) is 1.31. The molecule has 0 aliphatic rings. The van der Waals surface area contributed by atoms with Gasteiger partial charge in [-0.2, -0.15) is 0 Å². The van der Waals surface area contributed by atoms with Gasteiger partial charge in [0.25, 0.3) is 0 Å². The van der Waals surface area contributed by atoms with Gasteiger partial charge in [-0.15, -0.1) is 0 Å². The minimum atomic E-state index is -0.872. The zero-order valence-corrected chi connectivity index (χ0v) is 10.1. The highest BCUT2D eigenvalue weighted by atomic mass is 16.4. The Morgan fingerprint density at radius 3 is 1.82 bits per heavy atom. The fraction of sp³-hybridized carbons (Fsp3) is 0.133. The number of carbonyl (C=O) groups is 1. The van der Waals surface area contributed by atoms with Crippen molar-refractivity contribution in [1.82, 2.24) is 0 Å². The van der Waals surface area contributed by atoms with Crippen LogP contribution in [0.4, 0.5) is 0 Å². The number of rotatable bonds is 1. The maximum absolute atomic E-state index is 10.4. The van der Waals surface area contributed by atoms with Gasteiger partial charge in [-0.25, -0.2) is 4.79 Å². The van der Waals surface area contributed by atoms with Crippen LogP contribution in [-0.2, 0) is 0 Å². The molecule has 0 unspecified atom stereocenters. The van der Waals surface area contributed by atoms with Gasteiger partial charge in [-0.05, 0) is 26.0 Å². The normalized spacial score (nSPS) is 9.06. The molecule has 88 valence electrons. The van der Waals surface area contributed by atoms with Crippen LogP contribution in [0.25, 0.3) is 0 Å². The molecular formula is C15H16O2. The average Bonchev–Trinajstić information content (AvgIpc) is 2.31. The van der Waals surface area contributed by atoms with Crippen LogP contribution in [0.15, 0.2) is 54.6 Å². The van der Waals surface area contributed by atoms with Gasteiger partial charge in [0.05, 0.1) is 5.56 Å². The Morgan fingerprint density at radius 2 is 1.47 bits per heavy atom. The number of hydrogen-bond donors (Lipinski definition) is 1. The van der Waals surface area contributed by atoms with Gasteiger partial charge in [0, 0.05) is 0 Å². The lowest BCUT2D eigenvalue weighted by Crippen LogP contribution is -1.95. The van der Waals surface area contributed by atoms with E-state index in [1.54, 1.807) is 18.2 Å². The van der Waals surface area contributed by atoms with E-state index in [1.165, 1.54) is 5.56 Å². The molecule has 0 atom stereocenters. The van der Waals surface area contributed by atoms with Gasteiger partial charge < -0.3 is 5.11 Å². The second kappa shape index (κ2) is 6.48. The number of benzene rings is 2. The first-order chi connectivity index (χ1) is 8.09. The van der Waals surface area contributed by atoms with Crippen molar-refractivity contribution >= 4 is 5.97 Å². The minimum Gasteiger partial charge on any atom is -0.478 e. The van der Waals surface area contributed by atoms with Crippen molar-refractivity contribution in [2.24, 2.45) is 0 Å². The van der Waals surface area contributed by atoms with E-state index in [-0.39, 0.29) is 0 Å². The van der Waals surface area contributed by atoms with Gasteiger partial charge in [0.1, 0.15) is 0 Å². The highest BCUT2D eigenvalue weighted by Gasteiger charge is 1.99. The molecule has 1 N–H and O–H groups in total. The Balaban J connectivity index is 0.000000181. The molecule has 0 aliphatic heterocycles. The summed E-state index contributed by atoms with van der Waals surface area (Å²) in [6.07, 6.45) is 0. The van der Waals surface area contributed by atoms with Crippen LogP contribution in [0.2, 0.25) is 0 Å². The zero-order chi connectivity index (χ0) is 12.7. The third kappa shape index (κ3) is 4.98. The van der Waals surface area contributed by atoms with Crippen molar-refractivity contribution < 1.29 is 9.90 Å². The molecule has 0 bridgehead atoms. The van der Waals surface area contributed by atoms with Crippen LogP contribution < -0.4 is 0 Å². The molecule has 0 saturated carbocycles. The molecule has 0 aliphatic carbocycles. The van der Waals surface area contributed by atoms with Gasteiger partial charge in [-0.3, -0.25) is 0 Å². The number of aryl methyl sites for hydroxylation is 2. The molecular weight excluding hydrogens is 212 g/mol. The van der Waals surface area contributed by atoms with Crippen LogP contribution in [0.5, 0.6) is 0 Å². The summed E-state index contributed by atoms with van der Waals surface area (Å²) in [5.74, 6) is -0.872. The summed E-state index contributed by atoms with van der Waals surface area (Å²) < 4.78 is 0.